The van der Waals surface area contributed by atoms with Crippen molar-refractivity contribution >= 4 is 5.84 Å². The average molecular weight is 203 g/mol. The Balaban J connectivity index is 3.93. The van der Waals surface area contributed by atoms with Crippen molar-refractivity contribution in [3.05, 3.63) is 0 Å². The van der Waals surface area contributed by atoms with Crippen LogP contribution in [0.1, 0.15) is 20.8 Å². The Morgan fingerprint density at radius 1 is 1.64 bits per heavy atom. The van der Waals surface area contributed by atoms with Gasteiger partial charge in [0.2, 0.25) is 0 Å². The number of amidine groups is 1. The third kappa shape index (κ3) is 5.04. The summed E-state index contributed by atoms with van der Waals surface area (Å²) in [6.45, 7) is 7.25. The van der Waals surface area contributed by atoms with Gasteiger partial charge in [0.1, 0.15) is 5.84 Å². The monoisotopic (exact) mass is 203 g/mol. The highest BCUT2D eigenvalue weighted by atomic mass is 16.5. The summed E-state index contributed by atoms with van der Waals surface area (Å²) >= 11 is 0. The summed E-state index contributed by atoms with van der Waals surface area (Å²) in [5.41, 5.74) is 5.35. The smallest absolute Gasteiger partial charge is 0.143 e. The van der Waals surface area contributed by atoms with Crippen LogP contribution in [0, 0.1) is 5.92 Å². The highest BCUT2D eigenvalue weighted by molar-refractivity contribution is 5.82. The second-order valence-corrected chi connectivity index (χ2v) is 4.12. The first-order chi connectivity index (χ1) is 6.43. The van der Waals surface area contributed by atoms with Crippen LogP contribution in [-0.2, 0) is 4.74 Å². The van der Waals surface area contributed by atoms with Crippen LogP contribution in [-0.4, -0.2) is 36.8 Å². The first kappa shape index (κ1) is 13.2. The third-order valence-electron chi connectivity index (χ3n) is 2.01. The Labute approximate surface area is 85.3 Å². The molecule has 0 heterocycles. The molecule has 0 aliphatic carbocycles. The average Bonchev–Trinajstić information content (AvgIpc) is 2.13. The largest absolute Gasteiger partial charge is 0.409 e. The Kier molecular flexibility index (Phi) is 5.49. The molecule has 14 heavy (non-hydrogen) atoms. The van der Waals surface area contributed by atoms with E-state index >= 15 is 0 Å². The Morgan fingerprint density at radius 2 is 2.21 bits per heavy atom. The van der Waals surface area contributed by atoms with E-state index in [1.165, 1.54) is 0 Å². The molecule has 5 heteroatoms. The van der Waals surface area contributed by atoms with E-state index in [1.807, 2.05) is 20.8 Å². The van der Waals surface area contributed by atoms with Crippen molar-refractivity contribution in [1.29, 1.82) is 0 Å². The van der Waals surface area contributed by atoms with Crippen molar-refractivity contribution in [3.8, 4) is 0 Å². The van der Waals surface area contributed by atoms with Crippen LogP contribution in [0.5, 0.6) is 0 Å². The Bertz CT molecular complexity index is 192. The van der Waals surface area contributed by atoms with E-state index in [-0.39, 0.29) is 17.3 Å². The summed E-state index contributed by atoms with van der Waals surface area (Å²) in [4.78, 5) is 0. The molecule has 84 valence electrons. The van der Waals surface area contributed by atoms with Gasteiger partial charge in [-0.2, -0.15) is 0 Å². The number of nitrogens with two attached hydrogens (primary N) is 1. The summed E-state index contributed by atoms with van der Waals surface area (Å²) in [6, 6.07) is 0. The SMILES string of the molecule is COCC(C)(C)NCC(C)C(N)=NO. The maximum atomic E-state index is 8.45. The van der Waals surface area contributed by atoms with Crippen LogP contribution in [0.2, 0.25) is 0 Å². The van der Waals surface area contributed by atoms with Gasteiger partial charge in [0.05, 0.1) is 6.61 Å². The molecular weight excluding hydrogens is 182 g/mol. The van der Waals surface area contributed by atoms with Crippen LogP contribution >= 0.6 is 0 Å². The summed E-state index contributed by atoms with van der Waals surface area (Å²) in [7, 11) is 1.66. The van der Waals surface area contributed by atoms with Crippen molar-refractivity contribution in [2.24, 2.45) is 16.8 Å². The summed E-state index contributed by atoms with van der Waals surface area (Å²) in [5, 5.41) is 14.7. The number of nitrogens with one attached hydrogen (secondary N) is 1. The van der Waals surface area contributed by atoms with Crippen molar-refractivity contribution in [2.45, 2.75) is 26.3 Å². The van der Waals surface area contributed by atoms with Crippen LogP contribution in [0.3, 0.4) is 0 Å². The van der Waals surface area contributed by atoms with E-state index < -0.39 is 0 Å². The normalized spacial score (nSPS) is 15.6. The molecule has 4 N–H and O–H groups in total. The lowest BCUT2D eigenvalue weighted by Gasteiger charge is -2.26. The van der Waals surface area contributed by atoms with Gasteiger partial charge in [0.25, 0.3) is 0 Å². The molecule has 0 radical (unpaired) electrons. The maximum Gasteiger partial charge on any atom is 0.143 e. The number of hydrogen-bond acceptors (Lipinski definition) is 4. The highest BCUT2D eigenvalue weighted by Gasteiger charge is 2.18. The fraction of sp³-hybridized carbons (Fsp3) is 0.889. The molecule has 0 aliphatic rings. The molecule has 0 aromatic heterocycles. The van der Waals surface area contributed by atoms with Gasteiger partial charge in [-0.3, -0.25) is 0 Å². The zero-order chi connectivity index (χ0) is 11.2. The van der Waals surface area contributed by atoms with Crippen molar-refractivity contribution in [3.63, 3.8) is 0 Å². The third-order valence-corrected chi connectivity index (χ3v) is 2.01. The molecule has 1 atom stereocenters. The molecule has 0 aromatic rings. The second-order valence-electron chi connectivity index (χ2n) is 4.12. The van der Waals surface area contributed by atoms with Gasteiger partial charge in [0.15, 0.2) is 0 Å². The first-order valence-electron chi connectivity index (χ1n) is 4.64. The molecule has 0 aromatic carbocycles. The summed E-state index contributed by atoms with van der Waals surface area (Å²) < 4.78 is 5.05. The minimum atomic E-state index is -0.0985. The predicted molar refractivity (Wildman–Crippen MR) is 56.5 cm³/mol. The van der Waals surface area contributed by atoms with E-state index in [0.29, 0.717) is 13.2 Å². The molecule has 0 fully saturated rings. The molecule has 0 saturated heterocycles. The zero-order valence-electron chi connectivity index (χ0n) is 9.37. The van der Waals surface area contributed by atoms with Crippen LogP contribution in [0.25, 0.3) is 0 Å². The Hall–Kier alpha value is -0.810. The van der Waals surface area contributed by atoms with Gasteiger partial charge in [-0.15, -0.1) is 0 Å². The molecule has 0 rings (SSSR count). The molecule has 0 spiro atoms. The van der Waals surface area contributed by atoms with Crippen molar-refractivity contribution < 1.29 is 9.94 Å². The minimum Gasteiger partial charge on any atom is -0.409 e. The molecule has 0 amide bonds. The first-order valence-corrected chi connectivity index (χ1v) is 4.64. The number of hydrogen-bond donors (Lipinski definition) is 3. The lowest BCUT2D eigenvalue weighted by Crippen LogP contribution is -2.46. The van der Waals surface area contributed by atoms with Gasteiger partial charge in [-0.05, 0) is 13.8 Å². The number of methoxy groups -OCH3 is 1. The van der Waals surface area contributed by atoms with Gasteiger partial charge in [-0.25, -0.2) is 0 Å². The molecule has 0 saturated carbocycles. The van der Waals surface area contributed by atoms with Crippen molar-refractivity contribution in [2.75, 3.05) is 20.3 Å². The van der Waals surface area contributed by atoms with Crippen molar-refractivity contribution in [1.82, 2.24) is 5.32 Å². The van der Waals surface area contributed by atoms with Gasteiger partial charge in [-0.1, -0.05) is 12.1 Å². The minimum absolute atomic E-state index is 0.0103. The number of nitrogens with zero attached hydrogens (tertiary/aromatic N) is 1. The molecule has 5 nitrogen and oxygen atoms in total. The van der Waals surface area contributed by atoms with E-state index in [0.717, 1.165) is 0 Å². The van der Waals surface area contributed by atoms with Gasteiger partial charge < -0.3 is 21.0 Å². The van der Waals surface area contributed by atoms with E-state index in [2.05, 4.69) is 10.5 Å². The predicted octanol–water partition coefficient (Wildman–Crippen LogP) is 0.384. The fourth-order valence-electron chi connectivity index (χ4n) is 1.04. The summed E-state index contributed by atoms with van der Waals surface area (Å²) in [6.07, 6.45) is 0. The topological polar surface area (TPSA) is 79.9 Å². The number of rotatable bonds is 6. The second kappa shape index (κ2) is 5.82. The van der Waals surface area contributed by atoms with Gasteiger partial charge >= 0.3 is 0 Å². The number of oxime groups is 1. The lowest BCUT2D eigenvalue weighted by atomic mass is 10.0. The standard InChI is InChI=1S/C9H21N3O2/c1-7(8(10)12-13)5-11-9(2,3)6-14-4/h7,11,13H,5-6H2,1-4H3,(H2,10,12). The number of ether oxygens (including phenoxy) is 1. The Morgan fingerprint density at radius 3 is 2.64 bits per heavy atom. The van der Waals surface area contributed by atoms with Gasteiger partial charge in [0, 0.05) is 25.1 Å². The molecule has 1 unspecified atom stereocenters. The van der Waals surface area contributed by atoms with Crippen LogP contribution in [0.4, 0.5) is 0 Å². The van der Waals surface area contributed by atoms with Crippen LogP contribution in [0.15, 0.2) is 5.16 Å². The lowest BCUT2D eigenvalue weighted by molar-refractivity contribution is 0.127. The maximum absolute atomic E-state index is 8.45. The van der Waals surface area contributed by atoms with E-state index in [9.17, 15) is 0 Å². The molecule has 0 bridgehead atoms. The van der Waals surface area contributed by atoms with E-state index in [1.54, 1.807) is 7.11 Å². The molecule has 0 aliphatic heterocycles. The quantitative estimate of drug-likeness (QED) is 0.252. The highest BCUT2D eigenvalue weighted by Crippen LogP contribution is 2.03. The van der Waals surface area contributed by atoms with Crippen LogP contribution < -0.4 is 11.1 Å². The molecular formula is C9H21N3O2. The summed E-state index contributed by atoms with van der Waals surface area (Å²) in [5.74, 6) is 0.252. The zero-order valence-corrected chi connectivity index (χ0v) is 9.37. The fourth-order valence-corrected chi connectivity index (χ4v) is 1.04. The van der Waals surface area contributed by atoms with E-state index in [4.69, 9.17) is 15.7 Å².